The third-order valence-electron chi connectivity index (χ3n) is 4.14. The summed E-state index contributed by atoms with van der Waals surface area (Å²) in [5.41, 5.74) is 1.37. The Hall–Kier alpha value is -1.09. The molecule has 1 saturated heterocycles. The van der Waals surface area contributed by atoms with Gasteiger partial charge < -0.3 is 5.32 Å². The maximum absolute atomic E-state index is 4.59. The average molecular weight is 275 g/mol. The predicted octanol–water partition coefficient (Wildman–Crippen LogP) is 4.08. The van der Waals surface area contributed by atoms with Crippen LogP contribution in [0.1, 0.15) is 58.6 Å². The quantitative estimate of drug-likeness (QED) is 0.847. The highest BCUT2D eigenvalue weighted by molar-refractivity contribution is 5.37. The Morgan fingerprint density at radius 2 is 2.15 bits per heavy atom. The molecule has 1 aliphatic rings. The number of nitrogens with one attached hydrogen (secondary N) is 1. The Kier molecular flexibility index (Phi) is 5.41. The molecule has 20 heavy (non-hydrogen) atoms. The third-order valence-corrected chi connectivity index (χ3v) is 4.14. The molecule has 1 fully saturated rings. The van der Waals surface area contributed by atoms with Crippen LogP contribution in [0, 0.1) is 5.92 Å². The first-order valence-corrected chi connectivity index (χ1v) is 8.06. The molecule has 0 saturated carbocycles. The van der Waals surface area contributed by atoms with Crippen molar-refractivity contribution in [1.82, 2.24) is 9.88 Å². The van der Waals surface area contributed by atoms with Crippen molar-refractivity contribution in [2.75, 3.05) is 18.4 Å². The predicted molar refractivity (Wildman–Crippen MR) is 86.0 cm³/mol. The number of hydrogen-bond donors (Lipinski definition) is 1. The van der Waals surface area contributed by atoms with Crippen molar-refractivity contribution in [3.05, 3.63) is 23.9 Å². The van der Waals surface area contributed by atoms with Gasteiger partial charge in [-0.2, -0.15) is 0 Å². The molecule has 1 aliphatic heterocycles. The van der Waals surface area contributed by atoms with Gasteiger partial charge in [-0.1, -0.05) is 26.8 Å². The first-order chi connectivity index (χ1) is 9.60. The molecule has 2 heterocycles. The fourth-order valence-electron chi connectivity index (χ4n) is 2.93. The summed E-state index contributed by atoms with van der Waals surface area (Å²) in [4.78, 5) is 7.20. The van der Waals surface area contributed by atoms with Crippen LogP contribution in [0.25, 0.3) is 0 Å². The third kappa shape index (κ3) is 3.95. The lowest BCUT2D eigenvalue weighted by atomic mass is 10.1. The summed E-state index contributed by atoms with van der Waals surface area (Å²) in [6, 6.07) is 5.44. The van der Waals surface area contributed by atoms with Crippen molar-refractivity contribution >= 4 is 5.82 Å². The highest BCUT2D eigenvalue weighted by atomic mass is 15.2. The standard InChI is InChI=1S/C17H29N3/c1-5-14(4)19-17-9-8-15(11-18-17)16-7-6-10-20(16)12-13(2)3/h8-9,11,13-14,16H,5-7,10,12H2,1-4H3,(H,18,19). The second-order valence-electron chi connectivity index (χ2n) is 6.48. The van der Waals surface area contributed by atoms with Crippen molar-refractivity contribution in [3.63, 3.8) is 0 Å². The summed E-state index contributed by atoms with van der Waals surface area (Å²) in [5.74, 6) is 1.73. The summed E-state index contributed by atoms with van der Waals surface area (Å²) in [6.45, 7) is 11.4. The van der Waals surface area contributed by atoms with E-state index in [2.05, 4.69) is 61.2 Å². The van der Waals surface area contributed by atoms with E-state index < -0.39 is 0 Å². The van der Waals surface area contributed by atoms with Crippen molar-refractivity contribution in [2.24, 2.45) is 5.92 Å². The van der Waals surface area contributed by atoms with Crippen molar-refractivity contribution in [2.45, 2.75) is 59.0 Å². The normalized spacial score (nSPS) is 21.4. The highest BCUT2D eigenvalue weighted by Crippen LogP contribution is 2.32. The van der Waals surface area contributed by atoms with Gasteiger partial charge in [0.15, 0.2) is 0 Å². The fourth-order valence-corrected chi connectivity index (χ4v) is 2.93. The van der Waals surface area contributed by atoms with E-state index in [1.54, 1.807) is 0 Å². The molecule has 0 aliphatic carbocycles. The Balaban J connectivity index is 2.01. The number of rotatable bonds is 6. The zero-order valence-electron chi connectivity index (χ0n) is 13.4. The minimum Gasteiger partial charge on any atom is -0.368 e. The maximum Gasteiger partial charge on any atom is 0.126 e. The molecule has 112 valence electrons. The maximum atomic E-state index is 4.59. The molecule has 3 nitrogen and oxygen atoms in total. The smallest absolute Gasteiger partial charge is 0.126 e. The Morgan fingerprint density at radius 1 is 1.35 bits per heavy atom. The molecule has 3 heteroatoms. The summed E-state index contributed by atoms with van der Waals surface area (Å²) in [7, 11) is 0. The van der Waals surface area contributed by atoms with E-state index in [-0.39, 0.29) is 0 Å². The first-order valence-electron chi connectivity index (χ1n) is 8.06. The molecular formula is C17H29N3. The van der Waals surface area contributed by atoms with Gasteiger partial charge in [-0.05, 0) is 50.3 Å². The van der Waals surface area contributed by atoms with Crippen LogP contribution >= 0.6 is 0 Å². The lowest BCUT2D eigenvalue weighted by molar-refractivity contribution is 0.228. The fraction of sp³-hybridized carbons (Fsp3) is 0.706. The van der Waals surface area contributed by atoms with Crippen LogP contribution < -0.4 is 5.32 Å². The number of pyridine rings is 1. The van der Waals surface area contributed by atoms with Crippen LogP contribution in [0.4, 0.5) is 5.82 Å². The minimum absolute atomic E-state index is 0.484. The van der Waals surface area contributed by atoms with Crippen LogP contribution in [0.3, 0.4) is 0 Å². The molecule has 0 amide bonds. The molecular weight excluding hydrogens is 246 g/mol. The zero-order valence-corrected chi connectivity index (χ0v) is 13.4. The van der Waals surface area contributed by atoms with Gasteiger partial charge in [0, 0.05) is 24.8 Å². The van der Waals surface area contributed by atoms with Crippen LogP contribution in [0.2, 0.25) is 0 Å². The van der Waals surface area contributed by atoms with Gasteiger partial charge in [-0.25, -0.2) is 4.98 Å². The minimum atomic E-state index is 0.484. The van der Waals surface area contributed by atoms with Gasteiger partial charge in [0.1, 0.15) is 5.82 Å². The number of aromatic nitrogens is 1. The van der Waals surface area contributed by atoms with Crippen molar-refractivity contribution < 1.29 is 0 Å². The summed E-state index contributed by atoms with van der Waals surface area (Å²) in [6.07, 6.45) is 5.76. The molecule has 2 atom stereocenters. The van der Waals surface area contributed by atoms with E-state index >= 15 is 0 Å². The number of likely N-dealkylation sites (tertiary alicyclic amines) is 1. The van der Waals surface area contributed by atoms with Gasteiger partial charge in [-0.3, -0.25) is 4.90 Å². The average Bonchev–Trinajstić information content (AvgIpc) is 2.87. The van der Waals surface area contributed by atoms with Crippen molar-refractivity contribution in [3.8, 4) is 0 Å². The van der Waals surface area contributed by atoms with Crippen LogP contribution in [0.15, 0.2) is 18.3 Å². The van der Waals surface area contributed by atoms with Crippen LogP contribution in [-0.2, 0) is 0 Å². The summed E-state index contributed by atoms with van der Waals surface area (Å²) < 4.78 is 0. The van der Waals surface area contributed by atoms with Gasteiger partial charge in [0.25, 0.3) is 0 Å². The van der Waals surface area contributed by atoms with Gasteiger partial charge in [-0.15, -0.1) is 0 Å². The molecule has 1 aromatic heterocycles. The lowest BCUT2D eigenvalue weighted by Gasteiger charge is -2.26. The first kappa shape index (κ1) is 15.3. The van der Waals surface area contributed by atoms with E-state index in [0.29, 0.717) is 12.1 Å². The van der Waals surface area contributed by atoms with Crippen LogP contribution in [0.5, 0.6) is 0 Å². The molecule has 0 bridgehead atoms. The Morgan fingerprint density at radius 3 is 2.75 bits per heavy atom. The Labute approximate surface area is 123 Å². The summed E-state index contributed by atoms with van der Waals surface area (Å²) >= 11 is 0. The number of hydrogen-bond acceptors (Lipinski definition) is 3. The SMILES string of the molecule is CCC(C)Nc1ccc(C2CCCN2CC(C)C)cn1. The van der Waals surface area contributed by atoms with Gasteiger partial charge >= 0.3 is 0 Å². The largest absolute Gasteiger partial charge is 0.368 e. The molecule has 0 aromatic carbocycles. The molecule has 2 unspecified atom stereocenters. The van der Waals surface area contributed by atoms with E-state index in [1.807, 2.05) is 0 Å². The topological polar surface area (TPSA) is 28.2 Å². The van der Waals surface area contributed by atoms with Gasteiger partial charge in [0.05, 0.1) is 0 Å². The second-order valence-corrected chi connectivity index (χ2v) is 6.48. The molecule has 1 N–H and O–H groups in total. The van der Waals surface area contributed by atoms with Crippen LogP contribution in [-0.4, -0.2) is 29.0 Å². The molecule has 2 rings (SSSR count). The van der Waals surface area contributed by atoms with Gasteiger partial charge in [0.2, 0.25) is 0 Å². The van der Waals surface area contributed by atoms with E-state index in [1.165, 1.54) is 31.5 Å². The zero-order chi connectivity index (χ0) is 14.5. The summed E-state index contributed by atoms with van der Waals surface area (Å²) in [5, 5.41) is 3.43. The molecule has 0 spiro atoms. The molecule has 0 radical (unpaired) electrons. The number of anilines is 1. The monoisotopic (exact) mass is 275 g/mol. The second kappa shape index (κ2) is 7.07. The van der Waals surface area contributed by atoms with E-state index in [9.17, 15) is 0 Å². The number of nitrogens with zero attached hydrogens (tertiary/aromatic N) is 2. The Bertz CT molecular complexity index is 399. The van der Waals surface area contributed by atoms with Crippen molar-refractivity contribution in [1.29, 1.82) is 0 Å². The van der Waals surface area contributed by atoms with E-state index in [0.717, 1.165) is 18.2 Å². The highest BCUT2D eigenvalue weighted by Gasteiger charge is 2.26. The van der Waals surface area contributed by atoms with E-state index in [4.69, 9.17) is 0 Å². The molecule has 1 aromatic rings. The lowest BCUT2D eigenvalue weighted by Crippen LogP contribution is -2.27.